The van der Waals surface area contributed by atoms with E-state index >= 15 is 0 Å². The number of ether oxygens (including phenoxy) is 1. The van der Waals surface area contributed by atoms with Crippen LogP contribution in [0.2, 0.25) is 10.0 Å². The molecule has 1 saturated heterocycles. The largest absolute Gasteiger partial charge is 0.379 e. The highest BCUT2D eigenvalue weighted by Crippen LogP contribution is 2.38. The molecule has 0 spiro atoms. The number of morpholine rings is 1. The minimum absolute atomic E-state index is 0.323. The number of anilines is 3. The number of pyridine rings is 1. The van der Waals surface area contributed by atoms with Gasteiger partial charge >= 0.3 is 0 Å². The second-order valence-corrected chi connectivity index (χ2v) is 12.3. The Morgan fingerprint density at radius 1 is 1.07 bits per heavy atom. The Balaban J connectivity index is 1.33. The van der Waals surface area contributed by atoms with E-state index in [1.54, 1.807) is 0 Å². The molecule has 6 rings (SSSR count). The lowest BCUT2D eigenvalue weighted by atomic mass is 10.1. The Bertz CT molecular complexity index is 1810. The van der Waals surface area contributed by atoms with Gasteiger partial charge in [0.15, 0.2) is 0 Å². The number of halogens is 2. The zero-order chi connectivity index (χ0) is 30.6. The van der Waals surface area contributed by atoms with Crippen LogP contribution in [0.4, 0.5) is 17.1 Å². The fraction of sp³-hybridized carbons (Fsp3) is 0.258. The maximum Gasteiger partial charge on any atom is 0.104 e. The number of thiophene rings is 1. The van der Waals surface area contributed by atoms with Crippen LogP contribution in [0.5, 0.6) is 0 Å². The molecule has 4 N–H and O–H groups in total. The maximum absolute atomic E-state index is 9.94. The van der Waals surface area contributed by atoms with Crippen molar-refractivity contribution < 1.29 is 4.74 Å². The molecule has 1 fully saturated rings. The zero-order valence-corrected chi connectivity index (χ0v) is 26.2. The molecule has 2 aliphatic rings. The van der Waals surface area contributed by atoms with Crippen LogP contribution >= 0.6 is 34.5 Å². The third kappa shape index (κ3) is 6.54. The first-order valence-electron chi connectivity index (χ1n) is 14.0. The van der Waals surface area contributed by atoms with Gasteiger partial charge in [0.05, 0.1) is 46.3 Å². The van der Waals surface area contributed by atoms with E-state index in [1.165, 1.54) is 17.5 Å². The Hall–Kier alpha value is -4.07. The number of benzene rings is 2. The maximum atomic E-state index is 9.94. The van der Waals surface area contributed by atoms with E-state index < -0.39 is 0 Å². The predicted molar refractivity (Wildman–Crippen MR) is 175 cm³/mol. The van der Waals surface area contributed by atoms with Gasteiger partial charge in [-0.25, -0.2) is 0 Å². The van der Waals surface area contributed by atoms with E-state index in [0.717, 1.165) is 66.9 Å². The van der Waals surface area contributed by atoms with E-state index in [-0.39, 0.29) is 6.04 Å². The molecule has 0 radical (unpaired) electrons. The summed E-state index contributed by atoms with van der Waals surface area (Å²) in [5, 5.41) is 32.0. The molecule has 224 valence electrons. The number of nitriles is 2. The third-order valence-corrected chi connectivity index (χ3v) is 9.23. The number of hydrogen-bond donors (Lipinski definition) is 4. The first-order valence-corrected chi connectivity index (χ1v) is 15.7. The molecular formula is C31H29Cl2N9OS. The van der Waals surface area contributed by atoms with Crippen molar-refractivity contribution in [3.05, 3.63) is 91.5 Å². The van der Waals surface area contributed by atoms with Crippen molar-refractivity contribution >= 4 is 62.5 Å². The van der Waals surface area contributed by atoms with Crippen molar-refractivity contribution in [2.45, 2.75) is 13.0 Å². The number of nitrogens with zero attached hydrogens (tertiary/aromatic N) is 5. The minimum atomic E-state index is -0.323. The van der Waals surface area contributed by atoms with Crippen molar-refractivity contribution in [2.75, 3.05) is 50.0 Å². The van der Waals surface area contributed by atoms with Gasteiger partial charge in [0.1, 0.15) is 18.2 Å². The molecule has 4 aromatic rings. The molecule has 0 unspecified atom stereocenters. The van der Waals surface area contributed by atoms with Crippen LogP contribution in [-0.2, 0) is 4.74 Å². The highest BCUT2D eigenvalue weighted by molar-refractivity contribution is 7.10. The van der Waals surface area contributed by atoms with Crippen molar-refractivity contribution in [3.8, 4) is 12.1 Å². The van der Waals surface area contributed by atoms with Gasteiger partial charge < -0.3 is 20.8 Å². The molecular weight excluding hydrogens is 617 g/mol. The number of aromatic nitrogens is 1. The van der Waals surface area contributed by atoms with Crippen LogP contribution < -0.4 is 21.6 Å². The smallest absolute Gasteiger partial charge is 0.104 e. The molecule has 0 saturated carbocycles. The Labute approximate surface area is 269 Å². The molecule has 0 amide bonds. The van der Waals surface area contributed by atoms with Gasteiger partial charge in [0.2, 0.25) is 0 Å². The first-order chi connectivity index (χ1) is 21.4. The second-order valence-electron chi connectivity index (χ2n) is 10.5. The normalized spacial score (nSPS) is 15.8. The van der Waals surface area contributed by atoms with Crippen molar-refractivity contribution in [1.82, 2.24) is 25.9 Å². The van der Waals surface area contributed by atoms with Gasteiger partial charge in [-0.2, -0.15) is 10.5 Å². The summed E-state index contributed by atoms with van der Waals surface area (Å²) in [5.41, 5.74) is 11.9. The average Bonchev–Trinajstić information content (AvgIpc) is 3.72. The Morgan fingerprint density at radius 2 is 1.89 bits per heavy atom. The number of rotatable bonds is 9. The van der Waals surface area contributed by atoms with Gasteiger partial charge in [-0.15, -0.1) is 16.9 Å². The molecule has 10 nitrogen and oxygen atoms in total. The SMILES string of the molecule is Cc1ccc(Nc2c(C#N)cnc3c(Cl)cc(N[C@H](C4=CN(CCN5CCOCC5)NN4)c4cc(C#N)cs4)cc23)cc1Cl. The summed E-state index contributed by atoms with van der Waals surface area (Å²) in [6.45, 7) is 6.97. The van der Waals surface area contributed by atoms with E-state index in [4.69, 9.17) is 27.9 Å². The number of nitrogens with one attached hydrogen (secondary N) is 4. The number of hydrazine groups is 2. The highest BCUT2D eigenvalue weighted by atomic mass is 35.5. The average molecular weight is 647 g/mol. The van der Waals surface area contributed by atoms with Crippen LogP contribution in [-0.4, -0.2) is 54.3 Å². The van der Waals surface area contributed by atoms with Gasteiger partial charge in [-0.05, 0) is 42.8 Å². The predicted octanol–water partition coefficient (Wildman–Crippen LogP) is 6.05. The zero-order valence-electron chi connectivity index (χ0n) is 23.8. The molecule has 0 bridgehead atoms. The fourth-order valence-corrected chi connectivity index (χ4v) is 6.47. The van der Waals surface area contributed by atoms with Crippen molar-refractivity contribution in [2.24, 2.45) is 0 Å². The minimum Gasteiger partial charge on any atom is -0.379 e. The monoisotopic (exact) mass is 645 g/mol. The molecule has 1 atom stereocenters. The van der Waals surface area contributed by atoms with Crippen LogP contribution in [0.15, 0.2) is 59.9 Å². The number of fused-ring (bicyclic) bond motifs is 1. The second kappa shape index (κ2) is 13.3. The van der Waals surface area contributed by atoms with E-state index in [0.29, 0.717) is 37.8 Å². The highest BCUT2D eigenvalue weighted by Gasteiger charge is 2.25. The lowest BCUT2D eigenvalue weighted by Gasteiger charge is -2.28. The van der Waals surface area contributed by atoms with Gasteiger partial charge in [0, 0.05) is 70.6 Å². The summed E-state index contributed by atoms with van der Waals surface area (Å²) in [7, 11) is 0. The Kier molecular flexibility index (Phi) is 9.05. The molecule has 2 aliphatic heterocycles. The Morgan fingerprint density at radius 3 is 2.64 bits per heavy atom. The molecule has 4 heterocycles. The lowest BCUT2D eigenvalue weighted by molar-refractivity contribution is 0.0334. The summed E-state index contributed by atoms with van der Waals surface area (Å²) < 4.78 is 5.47. The molecule has 0 aliphatic carbocycles. The molecule has 2 aromatic heterocycles. The topological polar surface area (TPSA) is 124 Å². The van der Waals surface area contributed by atoms with Crippen molar-refractivity contribution in [1.29, 1.82) is 10.5 Å². The van der Waals surface area contributed by atoms with Gasteiger partial charge in [-0.3, -0.25) is 14.9 Å². The standard InChI is InChI=1S/C31H29Cl2N9OS/c1-19-2-3-22(12-25(19)32)37-29-21(15-35)16-36-30-24(29)11-23(13-26(30)33)38-31(28-10-20(14-34)18-44-28)27-17-42(40-39-27)5-4-41-6-8-43-9-7-41/h2-3,10-13,16-18,31,38-40H,4-9H2,1H3,(H,36,37)/t31-/m1/s1. The van der Waals surface area contributed by atoms with Crippen LogP contribution in [0, 0.1) is 29.6 Å². The molecule has 13 heteroatoms. The summed E-state index contributed by atoms with van der Waals surface area (Å²) in [4.78, 5) is 7.82. The fourth-order valence-electron chi connectivity index (χ4n) is 5.12. The van der Waals surface area contributed by atoms with E-state index in [9.17, 15) is 10.5 Å². The number of hydrogen-bond acceptors (Lipinski definition) is 11. The third-order valence-electron chi connectivity index (χ3n) is 7.54. The van der Waals surface area contributed by atoms with Gasteiger partial charge in [0.25, 0.3) is 0 Å². The summed E-state index contributed by atoms with van der Waals surface area (Å²) in [6.07, 6.45) is 3.55. The summed E-state index contributed by atoms with van der Waals surface area (Å²) in [5.74, 6) is 0. The molecule has 2 aromatic carbocycles. The van der Waals surface area contributed by atoms with Crippen LogP contribution in [0.3, 0.4) is 0 Å². The van der Waals surface area contributed by atoms with Crippen LogP contribution in [0.25, 0.3) is 10.9 Å². The lowest BCUT2D eigenvalue weighted by Crippen LogP contribution is -2.44. The first kappa shape index (κ1) is 30.0. The quantitative estimate of drug-likeness (QED) is 0.171. The van der Waals surface area contributed by atoms with Gasteiger partial charge in [-0.1, -0.05) is 29.3 Å². The van der Waals surface area contributed by atoms with E-state index in [2.05, 4.69) is 43.6 Å². The van der Waals surface area contributed by atoms with Crippen LogP contribution in [0.1, 0.15) is 27.6 Å². The summed E-state index contributed by atoms with van der Waals surface area (Å²) >= 11 is 14.7. The van der Waals surface area contributed by atoms with Crippen molar-refractivity contribution in [3.63, 3.8) is 0 Å². The molecule has 44 heavy (non-hydrogen) atoms. The summed E-state index contributed by atoms with van der Waals surface area (Å²) in [6, 6.07) is 15.4. The van der Waals surface area contributed by atoms with E-state index in [1.807, 2.05) is 59.9 Å². The number of aryl methyl sites for hydroxylation is 1.